The second kappa shape index (κ2) is 5.01. The number of hydrogen-bond donors (Lipinski definition) is 0. The summed E-state index contributed by atoms with van der Waals surface area (Å²) >= 11 is 0. The van der Waals surface area contributed by atoms with Crippen LogP contribution in [0, 0.1) is 0 Å². The number of carbonyl (C=O) groups is 2. The maximum atomic E-state index is 11.6. The number of rotatable bonds is 4. The third-order valence-electron chi connectivity index (χ3n) is 2.72. The quantitative estimate of drug-likeness (QED) is 0.762. The average molecular weight is 263 g/mol. The van der Waals surface area contributed by atoms with Gasteiger partial charge in [-0.05, 0) is 0 Å². The van der Waals surface area contributed by atoms with Crippen molar-refractivity contribution in [3.63, 3.8) is 0 Å². The number of nitrogens with zero attached hydrogens (tertiary/aromatic N) is 1. The number of anilines is 1. The van der Waals surface area contributed by atoms with Gasteiger partial charge in [0.1, 0.15) is 0 Å². The van der Waals surface area contributed by atoms with E-state index in [1.54, 1.807) is 12.1 Å². The van der Waals surface area contributed by atoms with E-state index in [9.17, 15) is 9.59 Å². The Morgan fingerprint density at radius 3 is 1.68 bits per heavy atom. The normalized spacial score (nSPS) is 13.9. The molecule has 100 valence electrons. The molecular weight excluding hydrogens is 250 g/mol. The van der Waals surface area contributed by atoms with Crippen LogP contribution in [0.4, 0.5) is 5.69 Å². The molecular formula is C13H13NO5. The molecule has 1 heterocycles. The Morgan fingerprint density at radius 1 is 0.842 bits per heavy atom. The predicted molar refractivity (Wildman–Crippen MR) is 67.7 cm³/mol. The van der Waals surface area contributed by atoms with E-state index >= 15 is 0 Å². The van der Waals surface area contributed by atoms with Crippen LogP contribution in [-0.4, -0.2) is 33.1 Å². The van der Waals surface area contributed by atoms with E-state index in [0.29, 0.717) is 22.9 Å². The fourth-order valence-electron chi connectivity index (χ4n) is 1.85. The highest BCUT2D eigenvalue weighted by Gasteiger charge is 2.27. The Labute approximate surface area is 110 Å². The van der Waals surface area contributed by atoms with Gasteiger partial charge in [-0.3, -0.25) is 9.59 Å². The molecule has 1 aliphatic rings. The Hall–Kier alpha value is -2.50. The van der Waals surface area contributed by atoms with Gasteiger partial charge < -0.3 is 14.2 Å². The second-order valence-electron chi connectivity index (χ2n) is 3.73. The molecule has 1 aliphatic heterocycles. The van der Waals surface area contributed by atoms with Crippen LogP contribution in [0.2, 0.25) is 0 Å². The fourth-order valence-corrected chi connectivity index (χ4v) is 1.85. The molecule has 0 spiro atoms. The summed E-state index contributed by atoms with van der Waals surface area (Å²) in [5, 5.41) is 0. The van der Waals surface area contributed by atoms with E-state index in [0.717, 1.165) is 4.90 Å². The number of imide groups is 1. The van der Waals surface area contributed by atoms with Crippen molar-refractivity contribution in [1.82, 2.24) is 0 Å². The summed E-state index contributed by atoms with van der Waals surface area (Å²) in [6, 6.07) is 3.09. The molecule has 6 heteroatoms. The third kappa shape index (κ3) is 2.12. The summed E-state index contributed by atoms with van der Waals surface area (Å²) in [6.07, 6.45) is 2.43. The number of benzene rings is 1. The lowest BCUT2D eigenvalue weighted by Gasteiger charge is -2.18. The Kier molecular flexibility index (Phi) is 3.41. The van der Waals surface area contributed by atoms with Gasteiger partial charge in [-0.15, -0.1) is 0 Å². The van der Waals surface area contributed by atoms with Gasteiger partial charge in [0.25, 0.3) is 11.8 Å². The molecule has 1 aromatic rings. The lowest BCUT2D eigenvalue weighted by molar-refractivity contribution is -0.119. The highest BCUT2D eigenvalue weighted by Crippen LogP contribution is 2.41. The van der Waals surface area contributed by atoms with Crippen LogP contribution >= 0.6 is 0 Å². The van der Waals surface area contributed by atoms with Gasteiger partial charge in [0.2, 0.25) is 5.75 Å². The Balaban J connectivity index is 2.53. The second-order valence-corrected chi connectivity index (χ2v) is 3.73. The summed E-state index contributed by atoms with van der Waals surface area (Å²) in [6.45, 7) is 0. The fraction of sp³-hybridized carbons (Fsp3) is 0.231. The van der Waals surface area contributed by atoms with Crippen LogP contribution in [0.15, 0.2) is 24.3 Å². The third-order valence-corrected chi connectivity index (χ3v) is 2.72. The molecule has 0 fully saturated rings. The minimum atomic E-state index is -0.403. The molecule has 0 atom stereocenters. The number of hydrogen-bond acceptors (Lipinski definition) is 5. The molecule has 19 heavy (non-hydrogen) atoms. The number of ether oxygens (including phenoxy) is 3. The highest BCUT2D eigenvalue weighted by atomic mass is 16.5. The van der Waals surface area contributed by atoms with Crippen molar-refractivity contribution in [3.8, 4) is 17.2 Å². The zero-order valence-corrected chi connectivity index (χ0v) is 10.8. The van der Waals surface area contributed by atoms with E-state index in [1.165, 1.54) is 33.5 Å². The molecule has 1 aromatic carbocycles. The van der Waals surface area contributed by atoms with Crippen molar-refractivity contribution in [1.29, 1.82) is 0 Å². The highest BCUT2D eigenvalue weighted by molar-refractivity contribution is 6.28. The average Bonchev–Trinajstić information content (AvgIpc) is 2.76. The van der Waals surface area contributed by atoms with E-state index in [4.69, 9.17) is 14.2 Å². The van der Waals surface area contributed by atoms with Gasteiger partial charge in [-0.25, -0.2) is 4.90 Å². The van der Waals surface area contributed by atoms with Crippen LogP contribution in [-0.2, 0) is 9.59 Å². The molecule has 0 radical (unpaired) electrons. The van der Waals surface area contributed by atoms with Gasteiger partial charge in [0.05, 0.1) is 27.0 Å². The lowest BCUT2D eigenvalue weighted by Crippen LogP contribution is -2.29. The number of carbonyl (C=O) groups excluding carboxylic acids is 2. The topological polar surface area (TPSA) is 65.1 Å². The maximum Gasteiger partial charge on any atom is 0.258 e. The monoisotopic (exact) mass is 263 g/mol. The van der Waals surface area contributed by atoms with Crippen molar-refractivity contribution >= 4 is 17.5 Å². The number of methoxy groups -OCH3 is 3. The summed E-state index contributed by atoms with van der Waals surface area (Å²) in [4.78, 5) is 24.3. The summed E-state index contributed by atoms with van der Waals surface area (Å²) in [7, 11) is 4.41. The van der Waals surface area contributed by atoms with Gasteiger partial charge in [0.15, 0.2) is 11.5 Å². The molecule has 0 unspecified atom stereocenters. The van der Waals surface area contributed by atoms with Crippen LogP contribution in [0.3, 0.4) is 0 Å². The van der Waals surface area contributed by atoms with Crippen molar-refractivity contribution in [2.45, 2.75) is 0 Å². The smallest absolute Gasteiger partial charge is 0.258 e. The van der Waals surface area contributed by atoms with E-state index in [1.807, 2.05) is 0 Å². The zero-order valence-electron chi connectivity index (χ0n) is 10.8. The van der Waals surface area contributed by atoms with Gasteiger partial charge in [0, 0.05) is 24.3 Å². The van der Waals surface area contributed by atoms with Crippen molar-refractivity contribution in [3.05, 3.63) is 24.3 Å². The summed E-state index contributed by atoms with van der Waals surface area (Å²) < 4.78 is 15.5. The van der Waals surface area contributed by atoms with E-state index < -0.39 is 11.8 Å². The van der Waals surface area contributed by atoms with Crippen molar-refractivity contribution in [2.24, 2.45) is 0 Å². The zero-order chi connectivity index (χ0) is 14.0. The van der Waals surface area contributed by atoms with Crippen molar-refractivity contribution < 1.29 is 23.8 Å². The Bertz CT molecular complexity index is 521. The first kappa shape index (κ1) is 12.9. The van der Waals surface area contributed by atoms with Crippen LogP contribution < -0.4 is 19.1 Å². The molecule has 0 aliphatic carbocycles. The molecule has 0 saturated carbocycles. The van der Waals surface area contributed by atoms with Crippen LogP contribution in [0.5, 0.6) is 17.2 Å². The minimum absolute atomic E-state index is 0.370. The van der Waals surface area contributed by atoms with Gasteiger partial charge >= 0.3 is 0 Å². The Morgan fingerprint density at radius 2 is 1.32 bits per heavy atom. The SMILES string of the molecule is COc1cc(N2C(=O)C=CC2=O)cc(OC)c1OC. The van der Waals surface area contributed by atoms with E-state index in [-0.39, 0.29) is 0 Å². The van der Waals surface area contributed by atoms with Gasteiger partial charge in [-0.2, -0.15) is 0 Å². The first-order valence-electron chi connectivity index (χ1n) is 5.48. The van der Waals surface area contributed by atoms with Gasteiger partial charge in [-0.1, -0.05) is 0 Å². The molecule has 0 saturated heterocycles. The number of amides is 2. The van der Waals surface area contributed by atoms with E-state index in [2.05, 4.69) is 0 Å². The van der Waals surface area contributed by atoms with Crippen LogP contribution in [0.1, 0.15) is 0 Å². The molecule has 0 aromatic heterocycles. The van der Waals surface area contributed by atoms with Crippen molar-refractivity contribution in [2.75, 3.05) is 26.2 Å². The maximum absolute atomic E-state index is 11.6. The molecule has 2 rings (SSSR count). The summed E-state index contributed by atoms with van der Waals surface area (Å²) in [5.74, 6) is 0.355. The minimum Gasteiger partial charge on any atom is -0.493 e. The molecule has 6 nitrogen and oxygen atoms in total. The lowest BCUT2D eigenvalue weighted by atomic mass is 10.2. The first-order valence-corrected chi connectivity index (χ1v) is 5.48. The largest absolute Gasteiger partial charge is 0.493 e. The molecule has 0 N–H and O–H groups in total. The molecule has 2 amide bonds. The summed E-state index contributed by atoms with van der Waals surface area (Å²) in [5.41, 5.74) is 0.370. The first-order chi connectivity index (χ1) is 9.12. The van der Waals surface area contributed by atoms with Crippen LogP contribution in [0.25, 0.3) is 0 Å². The standard InChI is InChI=1S/C13H13NO5/c1-17-9-6-8(7-10(18-2)13(9)19-3)14-11(15)4-5-12(14)16/h4-7H,1-3H3. The predicted octanol–water partition coefficient (Wildman–Crippen LogP) is 1.14. The molecule has 0 bridgehead atoms.